The minimum absolute atomic E-state index is 0.101. The molecule has 11 heteroatoms. The third-order valence-corrected chi connectivity index (χ3v) is 10.1. The van der Waals surface area contributed by atoms with Crippen LogP contribution in [0.4, 0.5) is 34.5 Å². The number of hydrogen-bond acceptors (Lipinski definition) is 10. The van der Waals surface area contributed by atoms with Crippen LogP contribution in [-0.4, -0.2) is 85.3 Å². The lowest BCUT2D eigenvalue weighted by Gasteiger charge is -2.43. The zero-order chi connectivity index (χ0) is 29.7. The van der Waals surface area contributed by atoms with Gasteiger partial charge in [0.2, 0.25) is 5.95 Å². The first-order chi connectivity index (χ1) is 20.8. The molecule has 0 unspecified atom stereocenters. The number of nitrogens with zero attached hydrogens (tertiary/aromatic N) is 6. The molecule has 0 saturated carbocycles. The lowest BCUT2D eigenvalue weighted by molar-refractivity contribution is 0.0982. The van der Waals surface area contributed by atoms with Gasteiger partial charge in [0.15, 0.2) is 5.82 Å². The Morgan fingerprint density at radius 3 is 2.56 bits per heavy atom. The van der Waals surface area contributed by atoms with Gasteiger partial charge in [-0.1, -0.05) is 50.4 Å². The fraction of sp³-hybridized carbons (Fsp3) is 0.500. The maximum absolute atomic E-state index is 6.56. The zero-order valence-corrected chi connectivity index (χ0v) is 26.9. The van der Waals surface area contributed by atoms with Gasteiger partial charge in [-0.3, -0.25) is 4.90 Å². The molecule has 0 spiro atoms. The largest absolute Gasteiger partial charge is 0.490 e. The maximum atomic E-state index is 6.56. The van der Waals surface area contributed by atoms with Gasteiger partial charge in [-0.15, -0.1) is 0 Å². The molecule has 5 heterocycles. The summed E-state index contributed by atoms with van der Waals surface area (Å²) in [6.45, 7) is 12.9. The highest BCUT2D eigenvalue weighted by Crippen LogP contribution is 2.49. The number of piperazine rings is 1. The molecule has 43 heavy (non-hydrogen) atoms. The Morgan fingerprint density at radius 2 is 1.77 bits per heavy atom. The molecule has 0 atom stereocenters. The Balaban J connectivity index is 1.11. The first kappa shape index (κ1) is 28.8. The summed E-state index contributed by atoms with van der Waals surface area (Å²) in [4.78, 5) is 17.0. The van der Waals surface area contributed by atoms with E-state index in [0.717, 1.165) is 48.9 Å². The number of fused-ring (bicyclic) bond motifs is 2. The second-order valence-corrected chi connectivity index (χ2v) is 13.8. The number of ether oxygens (including phenoxy) is 1. The third kappa shape index (κ3) is 5.59. The number of rotatable bonds is 6. The second-order valence-electron chi connectivity index (χ2n) is 12.9. The van der Waals surface area contributed by atoms with Gasteiger partial charge in [-0.25, -0.2) is 4.98 Å². The van der Waals surface area contributed by atoms with Crippen LogP contribution in [0.5, 0.6) is 5.75 Å². The van der Waals surface area contributed by atoms with Crippen molar-refractivity contribution in [3.63, 3.8) is 0 Å². The molecule has 2 saturated heterocycles. The second kappa shape index (κ2) is 11.5. The van der Waals surface area contributed by atoms with Gasteiger partial charge < -0.3 is 29.5 Å². The van der Waals surface area contributed by atoms with Crippen molar-refractivity contribution in [2.24, 2.45) is 0 Å². The van der Waals surface area contributed by atoms with Crippen molar-refractivity contribution >= 4 is 58.9 Å². The summed E-state index contributed by atoms with van der Waals surface area (Å²) in [6.07, 6.45) is 4.99. The van der Waals surface area contributed by atoms with Gasteiger partial charge in [0.25, 0.3) is 0 Å². The lowest BCUT2D eigenvalue weighted by atomic mass is 9.84. The van der Waals surface area contributed by atoms with Gasteiger partial charge in [-0.05, 0) is 50.1 Å². The first-order valence-corrected chi connectivity index (χ1v) is 16.2. The first-order valence-electron chi connectivity index (χ1n) is 15.4. The highest BCUT2D eigenvalue weighted by molar-refractivity contribution is 7.81. The smallest absolute Gasteiger partial charge is 0.229 e. The Bertz CT molecular complexity index is 1500. The number of hydrogen-bond donors (Lipinski definition) is 3. The van der Waals surface area contributed by atoms with E-state index in [-0.39, 0.29) is 5.41 Å². The van der Waals surface area contributed by atoms with Crippen LogP contribution in [0.25, 0.3) is 0 Å². The fourth-order valence-corrected chi connectivity index (χ4v) is 7.50. The van der Waals surface area contributed by atoms with E-state index in [9.17, 15) is 0 Å². The van der Waals surface area contributed by atoms with E-state index >= 15 is 0 Å². The van der Waals surface area contributed by atoms with E-state index in [0.29, 0.717) is 29.4 Å². The molecule has 4 aliphatic rings. The molecule has 2 fully saturated rings. The Kier molecular flexibility index (Phi) is 7.74. The van der Waals surface area contributed by atoms with E-state index < -0.39 is 0 Å². The van der Waals surface area contributed by atoms with Gasteiger partial charge in [0, 0.05) is 68.5 Å². The van der Waals surface area contributed by atoms with Gasteiger partial charge in [-0.2, -0.15) is 4.98 Å². The Hall–Kier alpha value is -2.92. The number of piperidine rings is 1. The van der Waals surface area contributed by atoms with Crippen molar-refractivity contribution in [2.45, 2.75) is 44.6 Å². The van der Waals surface area contributed by atoms with Crippen LogP contribution in [0.1, 0.15) is 37.8 Å². The van der Waals surface area contributed by atoms with Crippen molar-refractivity contribution in [1.82, 2.24) is 19.8 Å². The predicted octanol–water partition coefficient (Wildman–Crippen LogP) is 5.71. The Morgan fingerprint density at radius 1 is 0.977 bits per heavy atom. The van der Waals surface area contributed by atoms with E-state index in [2.05, 4.69) is 82.2 Å². The number of nitrogens with one attached hydrogen (secondary N) is 2. The number of aromatic nitrogens is 2. The van der Waals surface area contributed by atoms with Crippen molar-refractivity contribution in [1.29, 1.82) is 0 Å². The maximum Gasteiger partial charge on any atom is 0.229 e. The van der Waals surface area contributed by atoms with Gasteiger partial charge >= 0.3 is 0 Å². The van der Waals surface area contributed by atoms with Gasteiger partial charge in [0.1, 0.15) is 10.8 Å². The molecule has 228 valence electrons. The number of benzene rings is 2. The monoisotopic (exact) mass is 620 g/mol. The molecular weight excluding hydrogens is 580 g/mol. The Labute approximate surface area is 265 Å². The van der Waals surface area contributed by atoms with Crippen LogP contribution in [0.15, 0.2) is 36.5 Å². The highest BCUT2D eigenvalue weighted by atomic mass is 35.5. The van der Waals surface area contributed by atoms with Crippen LogP contribution in [0.2, 0.25) is 5.02 Å². The number of likely N-dealkylation sites (N-methyl/N-ethyl adjacent to an activating group) is 1. The summed E-state index contributed by atoms with van der Waals surface area (Å²) in [6, 6.07) is 11.2. The average molecular weight is 621 g/mol. The molecule has 0 aliphatic carbocycles. The summed E-state index contributed by atoms with van der Waals surface area (Å²) in [7, 11) is 2.23. The molecule has 0 radical (unpaired) electrons. The minimum atomic E-state index is -0.101. The van der Waals surface area contributed by atoms with Crippen LogP contribution >= 0.6 is 24.4 Å². The summed E-state index contributed by atoms with van der Waals surface area (Å²) < 4.78 is 8.34. The normalized spacial score (nSPS) is 20.6. The number of thiol groups is 1. The molecule has 9 nitrogen and oxygen atoms in total. The third-order valence-electron chi connectivity index (χ3n) is 9.46. The molecule has 7 rings (SSSR count). The quantitative estimate of drug-likeness (QED) is 0.301. The van der Waals surface area contributed by atoms with E-state index in [1.807, 2.05) is 16.4 Å². The number of halogens is 1. The molecule has 2 N–H and O–H groups in total. The molecule has 0 bridgehead atoms. The minimum Gasteiger partial charge on any atom is -0.490 e. The molecular formula is C32H41ClN8OS. The standard InChI is InChI=1S/C32H41ClN8OS/c1-32(2)20-42-29-25(7-8-26(27(29)32)40-12-10-22(11-13-40)39-17-15-38(3)16-18-39)36-31-34-19-23(33)30(37-31)35-24-6-4-5-21-9-14-41(43)28(21)24/h4-8,19,22,43H,9-18,20H2,1-3H3,(H2,34,35,36,37). The summed E-state index contributed by atoms with van der Waals surface area (Å²) in [5.74, 6) is 1.89. The highest BCUT2D eigenvalue weighted by Gasteiger charge is 2.38. The van der Waals surface area contributed by atoms with Crippen molar-refractivity contribution in [2.75, 3.05) is 79.3 Å². The van der Waals surface area contributed by atoms with Crippen LogP contribution in [0.3, 0.4) is 0 Å². The average Bonchev–Trinajstić information content (AvgIpc) is 3.55. The molecule has 4 aliphatic heterocycles. The zero-order valence-electron chi connectivity index (χ0n) is 25.2. The molecule has 1 aromatic heterocycles. The number of anilines is 6. The van der Waals surface area contributed by atoms with E-state index in [1.165, 1.54) is 55.8 Å². The van der Waals surface area contributed by atoms with Crippen LogP contribution in [-0.2, 0) is 11.8 Å². The molecule has 3 aromatic rings. The van der Waals surface area contributed by atoms with E-state index in [1.54, 1.807) is 6.20 Å². The van der Waals surface area contributed by atoms with Crippen LogP contribution < -0.4 is 24.6 Å². The van der Waals surface area contributed by atoms with Crippen molar-refractivity contribution < 1.29 is 4.74 Å². The van der Waals surface area contributed by atoms with Crippen molar-refractivity contribution in [3.8, 4) is 5.75 Å². The predicted molar refractivity (Wildman–Crippen MR) is 179 cm³/mol. The van der Waals surface area contributed by atoms with E-state index in [4.69, 9.17) is 21.3 Å². The SMILES string of the molecule is CN1CCN(C2CCN(c3ccc(Nc4ncc(Cl)c(Nc5cccc6c5N(S)CC6)n4)c4c3C(C)(C)CO4)CC2)CC1. The van der Waals surface area contributed by atoms with Crippen molar-refractivity contribution in [3.05, 3.63) is 52.7 Å². The van der Waals surface area contributed by atoms with Gasteiger partial charge in [0.05, 0.1) is 29.9 Å². The number of para-hydroxylation sites is 1. The molecule has 2 aromatic carbocycles. The summed E-state index contributed by atoms with van der Waals surface area (Å²) >= 11 is 11.2. The summed E-state index contributed by atoms with van der Waals surface area (Å²) in [5, 5.41) is 7.31. The summed E-state index contributed by atoms with van der Waals surface area (Å²) in [5.41, 5.74) is 6.55. The fourth-order valence-electron chi connectivity index (χ4n) is 7.02. The lowest BCUT2D eigenvalue weighted by Crippen LogP contribution is -2.52. The topological polar surface area (TPSA) is 72.0 Å². The van der Waals surface area contributed by atoms with Crippen LogP contribution in [0, 0.1) is 0 Å². The molecule has 0 amide bonds.